The monoisotopic (exact) mass is 258 g/mol. The van der Waals surface area contributed by atoms with E-state index in [1.54, 1.807) is 37.3 Å². The number of nitrogens with zero attached hydrogens (tertiary/aromatic N) is 1. The summed E-state index contributed by atoms with van der Waals surface area (Å²) in [7, 11) is 0. The first kappa shape index (κ1) is 13.0. The summed E-state index contributed by atoms with van der Waals surface area (Å²) in [5.74, 6) is 0.235. The Balaban J connectivity index is 2.35. The lowest BCUT2D eigenvalue weighted by atomic mass is 10.2. The molecule has 5 heteroatoms. The maximum absolute atomic E-state index is 11.2. The second-order valence-corrected chi connectivity index (χ2v) is 4.07. The van der Waals surface area contributed by atoms with Crippen molar-refractivity contribution in [2.45, 2.75) is 13.5 Å². The van der Waals surface area contributed by atoms with Gasteiger partial charge in [0.25, 0.3) is 0 Å². The Bertz CT molecular complexity index is 611. The Labute approximate surface area is 110 Å². The van der Waals surface area contributed by atoms with Crippen molar-refractivity contribution in [1.29, 1.82) is 0 Å². The van der Waals surface area contributed by atoms with E-state index in [1.165, 1.54) is 6.07 Å². The number of aliphatic hydroxyl groups is 1. The van der Waals surface area contributed by atoms with Crippen LogP contribution in [-0.2, 0) is 6.61 Å². The number of rotatable bonds is 4. The summed E-state index contributed by atoms with van der Waals surface area (Å²) in [6.07, 6.45) is 0. The van der Waals surface area contributed by atoms with Crippen molar-refractivity contribution in [3.63, 3.8) is 0 Å². The van der Waals surface area contributed by atoms with Crippen molar-refractivity contribution < 1.29 is 14.6 Å². The van der Waals surface area contributed by atoms with Crippen molar-refractivity contribution in [2.24, 2.45) is 5.73 Å². The summed E-state index contributed by atoms with van der Waals surface area (Å²) < 4.78 is 5.59. The minimum atomic E-state index is -0.536. The van der Waals surface area contributed by atoms with E-state index in [-0.39, 0.29) is 12.5 Å². The molecule has 1 aromatic heterocycles. The molecular formula is C14H14N2O3. The van der Waals surface area contributed by atoms with Gasteiger partial charge in [-0.05, 0) is 19.1 Å². The van der Waals surface area contributed by atoms with Gasteiger partial charge in [0, 0.05) is 22.9 Å². The average Bonchev–Trinajstić information content (AvgIpc) is 2.38. The van der Waals surface area contributed by atoms with E-state index in [0.717, 1.165) is 0 Å². The minimum absolute atomic E-state index is 0.134. The number of carbonyl (C=O) groups excluding carboxylic acids is 1. The van der Waals surface area contributed by atoms with Crippen LogP contribution < -0.4 is 10.5 Å². The third-order valence-corrected chi connectivity index (χ3v) is 2.57. The number of nitrogens with two attached hydrogens (primary N) is 1. The SMILES string of the molecule is Cc1cc(C(N)=O)cc(Oc2ccccc2CO)n1. The van der Waals surface area contributed by atoms with E-state index in [4.69, 9.17) is 10.5 Å². The van der Waals surface area contributed by atoms with Gasteiger partial charge in [-0.3, -0.25) is 4.79 Å². The van der Waals surface area contributed by atoms with Crippen LogP contribution in [-0.4, -0.2) is 16.0 Å². The lowest BCUT2D eigenvalue weighted by Gasteiger charge is -2.10. The number of aliphatic hydroxyl groups excluding tert-OH is 1. The molecular weight excluding hydrogens is 244 g/mol. The molecule has 5 nitrogen and oxygen atoms in total. The number of hydrogen-bond acceptors (Lipinski definition) is 4. The van der Waals surface area contributed by atoms with Gasteiger partial charge in [0.2, 0.25) is 11.8 Å². The van der Waals surface area contributed by atoms with Gasteiger partial charge in [0.05, 0.1) is 6.61 Å². The Hall–Kier alpha value is -2.40. The molecule has 1 amide bonds. The smallest absolute Gasteiger partial charge is 0.248 e. The molecule has 0 saturated carbocycles. The van der Waals surface area contributed by atoms with Gasteiger partial charge in [-0.1, -0.05) is 18.2 Å². The highest BCUT2D eigenvalue weighted by molar-refractivity contribution is 5.93. The van der Waals surface area contributed by atoms with E-state index in [1.807, 2.05) is 0 Å². The number of amides is 1. The van der Waals surface area contributed by atoms with Crippen LogP contribution in [0, 0.1) is 6.92 Å². The first-order chi connectivity index (χ1) is 9.10. The molecule has 0 spiro atoms. The molecule has 0 aliphatic carbocycles. The molecule has 2 rings (SSSR count). The Morgan fingerprint density at radius 2 is 2.11 bits per heavy atom. The van der Waals surface area contributed by atoms with Gasteiger partial charge in [-0.2, -0.15) is 0 Å². The topological polar surface area (TPSA) is 85.4 Å². The molecule has 3 N–H and O–H groups in total. The lowest BCUT2D eigenvalue weighted by molar-refractivity contribution is 0.0999. The molecule has 0 radical (unpaired) electrons. The molecule has 0 atom stereocenters. The predicted octanol–water partition coefficient (Wildman–Crippen LogP) is 1.77. The first-order valence-electron chi connectivity index (χ1n) is 5.75. The molecule has 2 aromatic rings. The first-order valence-corrected chi connectivity index (χ1v) is 5.75. The molecule has 0 unspecified atom stereocenters. The fraction of sp³-hybridized carbons (Fsp3) is 0.143. The second kappa shape index (κ2) is 5.49. The standard InChI is InChI=1S/C14H14N2O3/c1-9-6-11(14(15)18)7-13(16-9)19-12-5-3-2-4-10(12)8-17/h2-7,17H,8H2,1H3,(H2,15,18). The summed E-state index contributed by atoms with van der Waals surface area (Å²) in [5, 5.41) is 9.22. The van der Waals surface area contributed by atoms with Gasteiger partial charge in [0.1, 0.15) is 5.75 Å². The largest absolute Gasteiger partial charge is 0.439 e. The highest BCUT2D eigenvalue weighted by atomic mass is 16.5. The maximum Gasteiger partial charge on any atom is 0.248 e. The van der Waals surface area contributed by atoms with Crippen molar-refractivity contribution >= 4 is 5.91 Å². The Kier molecular flexibility index (Phi) is 3.77. The van der Waals surface area contributed by atoms with Crippen LogP contribution in [0.1, 0.15) is 21.6 Å². The number of ether oxygens (including phenoxy) is 1. The number of pyridine rings is 1. The molecule has 1 heterocycles. The molecule has 0 aliphatic heterocycles. The van der Waals surface area contributed by atoms with Gasteiger partial charge < -0.3 is 15.6 Å². The number of aryl methyl sites for hydroxylation is 1. The molecule has 19 heavy (non-hydrogen) atoms. The van der Waals surface area contributed by atoms with Crippen molar-refractivity contribution in [3.05, 3.63) is 53.2 Å². The summed E-state index contributed by atoms with van der Waals surface area (Å²) >= 11 is 0. The van der Waals surface area contributed by atoms with Crippen molar-refractivity contribution in [1.82, 2.24) is 4.98 Å². The highest BCUT2D eigenvalue weighted by Crippen LogP contribution is 2.24. The zero-order valence-corrected chi connectivity index (χ0v) is 10.5. The molecule has 1 aromatic carbocycles. The van der Waals surface area contributed by atoms with Crippen LogP contribution in [0.2, 0.25) is 0 Å². The van der Waals surface area contributed by atoms with Gasteiger partial charge >= 0.3 is 0 Å². The van der Waals surface area contributed by atoms with Crippen LogP contribution in [0.3, 0.4) is 0 Å². The Morgan fingerprint density at radius 1 is 1.37 bits per heavy atom. The number of aromatic nitrogens is 1. The number of hydrogen-bond donors (Lipinski definition) is 2. The third-order valence-electron chi connectivity index (χ3n) is 2.57. The van der Waals surface area contributed by atoms with E-state index in [2.05, 4.69) is 4.98 Å². The molecule has 0 bridgehead atoms. The van der Waals surface area contributed by atoms with Crippen LogP contribution in [0.25, 0.3) is 0 Å². The van der Waals surface area contributed by atoms with E-state index in [9.17, 15) is 9.90 Å². The Morgan fingerprint density at radius 3 is 2.79 bits per heavy atom. The average molecular weight is 258 g/mol. The van der Waals surface area contributed by atoms with Crippen LogP contribution >= 0.6 is 0 Å². The van der Waals surface area contributed by atoms with E-state index >= 15 is 0 Å². The normalized spacial score (nSPS) is 10.2. The number of primary amides is 1. The summed E-state index contributed by atoms with van der Waals surface area (Å²) in [5.41, 5.74) is 6.85. The molecule has 0 saturated heterocycles. The molecule has 98 valence electrons. The summed E-state index contributed by atoms with van der Waals surface area (Å²) in [6.45, 7) is 1.61. The quantitative estimate of drug-likeness (QED) is 0.875. The number of benzene rings is 1. The fourth-order valence-corrected chi connectivity index (χ4v) is 1.68. The maximum atomic E-state index is 11.2. The van der Waals surface area contributed by atoms with E-state index in [0.29, 0.717) is 22.6 Å². The predicted molar refractivity (Wildman–Crippen MR) is 69.9 cm³/mol. The van der Waals surface area contributed by atoms with Crippen molar-refractivity contribution in [3.8, 4) is 11.6 Å². The zero-order chi connectivity index (χ0) is 13.8. The second-order valence-electron chi connectivity index (χ2n) is 4.07. The van der Waals surface area contributed by atoms with Gasteiger partial charge in [0.15, 0.2) is 0 Å². The van der Waals surface area contributed by atoms with Crippen LogP contribution in [0.15, 0.2) is 36.4 Å². The van der Waals surface area contributed by atoms with Gasteiger partial charge in [-0.25, -0.2) is 4.98 Å². The fourth-order valence-electron chi connectivity index (χ4n) is 1.68. The minimum Gasteiger partial charge on any atom is -0.439 e. The van der Waals surface area contributed by atoms with Gasteiger partial charge in [-0.15, -0.1) is 0 Å². The number of para-hydroxylation sites is 1. The summed E-state index contributed by atoms with van der Waals surface area (Å²) in [4.78, 5) is 15.4. The highest BCUT2D eigenvalue weighted by Gasteiger charge is 2.08. The van der Waals surface area contributed by atoms with Crippen LogP contribution in [0.4, 0.5) is 0 Å². The van der Waals surface area contributed by atoms with E-state index < -0.39 is 5.91 Å². The third kappa shape index (κ3) is 3.08. The molecule has 0 aliphatic rings. The lowest BCUT2D eigenvalue weighted by Crippen LogP contribution is -2.11. The molecule has 0 fully saturated rings. The van der Waals surface area contributed by atoms with Crippen LogP contribution in [0.5, 0.6) is 11.6 Å². The number of carbonyl (C=O) groups is 1. The zero-order valence-electron chi connectivity index (χ0n) is 10.5. The summed E-state index contributed by atoms with van der Waals surface area (Å²) in [6, 6.07) is 10.1. The van der Waals surface area contributed by atoms with Crippen molar-refractivity contribution in [2.75, 3.05) is 0 Å².